The first-order valence-electron chi connectivity index (χ1n) is 5.71. The van der Waals surface area contributed by atoms with Crippen LogP contribution in [0.3, 0.4) is 0 Å². The first kappa shape index (κ1) is 13.5. The Balaban J connectivity index is 1.74. The van der Waals surface area contributed by atoms with Gasteiger partial charge in [0.25, 0.3) is 5.91 Å². The number of carbonyl (C=O) groups excluding carboxylic acids is 1. The zero-order chi connectivity index (χ0) is 13.0. The summed E-state index contributed by atoms with van der Waals surface area (Å²) in [6, 6.07) is 1.39. The lowest BCUT2D eigenvalue weighted by Gasteiger charge is -2.06. The van der Waals surface area contributed by atoms with Gasteiger partial charge in [-0.05, 0) is 24.8 Å². The van der Waals surface area contributed by atoms with Gasteiger partial charge in [-0.3, -0.25) is 4.79 Å². The SMILES string of the molecule is O=C(NCCOCC1CC1)c1cc(Cl)nnc1Cl. The fourth-order valence-corrected chi connectivity index (χ4v) is 1.70. The number of amides is 1. The maximum absolute atomic E-state index is 11.7. The number of aromatic nitrogens is 2. The van der Waals surface area contributed by atoms with Gasteiger partial charge in [0.1, 0.15) is 0 Å². The van der Waals surface area contributed by atoms with Crippen LogP contribution < -0.4 is 5.32 Å². The number of halogens is 2. The lowest BCUT2D eigenvalue weighted by atomic mass is 10.3. The summed E-state index contributed by atoms with van der Waals surface area (Å²) in [5, 5.41) is 9.96. The average molecular weight is 290 g/mol. The highest BCUT2D eigenvalue weighted by molar-refractivity contribution is 6.34. The number of ether oxygens (including phenoxy) is 1. The van der Waals surface area contributed by atoms with Crippen molar-refractivity contribution in [1.82, 2.24) is 15.5 Å². The minimum Gasteiger partial charge on any atom is -0.379 e. The fraction of sp³-hybridized carbons (Fsp3) is 0.545. The van der Waals surface area contributed by atoms with E-state index < -0.39 is 0 Å². The summed E-state index contributed by atoms with van der Waals surface area (Å²) in [5.41, 5.74) is 0.221. The predicted octanol–water partition coefficient (Wildman–Crippen LogP) is 1.94. The fourth-order valence-electron chi connectivity index (χ4n) is 1.38. The molecule has 1 N–H and O–H groups in total. The van der Waals surface area contributed by atoms with Crippen molar-refractivity contribution >= 4 is 29.1 Å². The van der Waals surface area contributed by atoms with Gasteiger partial charge in [-0.1, -0.05) is 23.2 Å². The average Bonchev–Trinajstić information content (AvgIpc) is 3.15. The van der Waals surface area contributed by atoms with Gasteiger partial charge in [0, 0.05) is 13.2 Å². The molecule has 1 saturated carbocycles. The third kappa shape index (κ3) is 4.08. The highest BCUT2D eigenvalue weighted by Gasteiger charge is 2.21. The third-order valence-electron chi connectivity index (χ3n) is 2.55. The van der Waals surface area contributed by atoms with Crippen LogP contribution in [0.1, 0.15) is 23.2 Å². The molecule has 1 amide bonds. The molecule has 1 aliphatic rings. The molecule has 98 valence electrons. The first-order chi connectivity index (χ1) is 8.66. The summed E-state index contributed by atoms with van der Waals surface area (Å²) in [6.07, 6.45) is 2.51. The van der Waals surface area contributed by atoms with Gasteiger partial charge in [-0.2, -0.15) is 0 Å². The Bertz CT molecular complexity index is 438. The zero-order valence-corrected chi connectivity index (χ0v) is 11.2. The van der Waals surface area contributed by atoms with Gasteiger partial charge in [-0.15, -0.1) is 10.2 Å². The van der Waals surface area contributed by atoms with E-state index in [1.807, 2.05) is 0 Å². The second kappa shape index (κ2) is 6.31. The molecular formula is C11H13Cl2N3O2. The number of nitrogens with zero attached hydrogens (tertiary/aromatic N) is 2. The Hall–Kier alpha value is -0.910. The van der Waals surface area contributed by atoms with Gasteiger partial charge >= 0.3 is 0 Å². The van der Waals surface area contributed by atoms with E-state index in [-0.39, 0.29) is 21.8 Å². The van der Waals surface area contributed by atoms with Crippen molar-refractivity contribution in [3.05, 3.63) is 21.9 Å². The molecule has 0 atom stereocenters. The molecular weight excluding hydrogens is 277 g/mol. The van der Waals surface area contributed by atoms with Crippen LogP contribution in [0.15, 0.2) is 6.07 Å². The van der Waals surface area contributed by atoms with Crippen molar-refractivity contribution in [2.24, 2.45) is 5.92 Å². The molecule has 0 radical (unpaired) electrons. The van der Waals surface area contributed by atoms with Crippen molar-refractivity contribution in [1.29, 1.82) is 0 Å². The van der Waals surface area contributed by atoms with Crippen LogP contribution in [-0.4, -0.2) is 35.9 Å². The van der Waals surface area contributed by atoms with Crippen LogP contribution >= 0.6 is 23.2 Å². The van der Waals surface area contributed by atoms with E-state index in [0.29, 0.717) is 13.2 Å². The molecule has 0 bridgehead atoms. The van der Waals surface area contributed by atoms with Crippen LogP contribution in [0.2, 0.25) is 10.3 Å². The van der Waals surface area contributed by atoms with Crippen molar-refractivity contribution < 1.29 is 9.53 Å². The first-order valence-corrected chi connectivity index (χ1v) is 6.47. The van der Waals surface area contributed by atoms with Gasteiger partial charge in [0.2, 0.25) is 0 Å². The molecule has 18 heavy (non-hydrogen) atoms. The molecule has 0 aliphatic heterocycles. The zero-order valence-electron chi connectivity index (χ0n) is 9.66. The Morgan fingerprint density at radius 1 is 1.44 bits per heavy atom. The number of nitrogens with one attached hydrogen (secondary N) is 1. The summed E-state index contributed by atoms with van der Waals surface area (Å²) < 4.78 is 5.40. The molecule has 0 saturated heterocycles. The van der Waals surface area contributed by atoms with E-state index in [4.69, 9.17) is 27.9 Å². The van der Waals surface area contributed by atoms with Crippen LogP contribution in [0, 0.1) is 5.92 Å². The van der Waals surface area contributed by atoms with E-state index in [1.165, 1.54) is 18.9 Å². The highest BCUT2D eigenvalue weighted by Crippen LogP contribution is 2.28. The molecule has 0 aromatic carbocycles. The van der Waals surface area contributed by atoms with Crippen LogP contribution in [0.25, 0.3) is 0 Å². The standard InChI is InChI=1S/C11H13Cl2N3O2/c12-9-5-8(10(13)16-15-9)11(17)14-3-4-18-6-7-1-2-7/h5,7H,1-4,6H2,(H,14,17). The van der Waals surface area contributed by atoms with Crippen molar-refractivity contribution in [2.45, 2.75) is 12.8 Å². The van der Waals surface area contributed by atoms with E-state index in [1.54, 1.807) is 0 Å². The number of hydrogen-bond acceptors (Lipinski definition) is 4. The van der Waals surface area contributed by atoms with Crippen molar-refractivity contribution in [2.75, 3.05) is 19.8 Å². The molecule has 5 nitrogen and oxygen atoms in total. The molecule has 0 spiro atoms. The minimum absolute atomic E-state index is 0.0378. The highest BCUT2D eigenvalue weighted by atomic mass is 35.5. The minimum atomic E-state index is -0.327. The third-order valence-corrected chi connectivity index (χ3v) is 3.01. The Morgan fingerprint density at radius 2 is 2.22 bits per heavy atom. The Kier molecular flexibility index (Phi) is 4.74. The summed E-state index contributed by atoms with van der Waals surface area (Å²) >= 11 is 11.4. The molecule has 1 aromatic heterocycles. The van der Waals surface area contributed by atoms with Crippen molar-refractivity contribution in [3.8, 4) is 0 Å². The van der Waals surface area contributed by atoms with E-state index in [9.17, 15) is 4.79 Å². The van der Waals surface area contributed by atoms with Crippen LogP contribution in [0.4, 0.5) is 0 Å². The normalized spacial score (nSPS) is 14.6. The predicted molar refractivity (Wildman–Crippen MR) is 67.9 cm³/mol. The van der Waals surface area contributed by atoms with Crippen LogP contribution in [0.5, 0.6) is 0 Å². The molecule has 1 fully saturated rings. The van der Waals surface area contributed by atoms with Crippen LogP contribution in [-0.2, 0) is 4.74 Å². The quantitative estimate of drug-likeness (QED) is 0.813. The largest absolute Gasteiger partial charge is 0.379 e. The molecule has 7 heteroatoms. The molecule has 1 heterocycles. The Morgan fingerprint density at radius 3 is 2.94 bits per heavy atom. The van der Waals surface area contributed by atoms with Gasteiger partial charge < -0.3 is 10.1 Å². The molecule has 0 unspecified atom stereocenters. The topological polar surface area (TPSA) is 64.1 Å². The maximum Gasteiger partial charge on any atom is 0.254 e. The Labute approximate surface area is 115 Å². The number of rotatable bonds is 6. The summed E-state index contributed by atoms with van der Waals surface area (Å²) in [6.45, 7) is 1.70. The lowest BCUT2D eigenvalue weighted by molar-refractivity contribution is 0.0906. The number of hydrogen-bond donors (Lipinski definition) is 1. The monoisotopic (exact) mass is 289 g/mol. The second-order valence-electron chi connectivity index (χ2n) is 4.15. The van der Waals surface area contributed by atoms with E-state index in [2.05, 4.69) is 15.5 Å². The molecule has 1 aliphatic carbocycles. The molecule has 1 aromatic rings. The second-order valence-corrected chi connectivity index (χ2v) is 4.89. The number of carbonyl (C=O) groups is 1. The summed E-state index contributed by atoms with van der Waals surface area (Å²) in [7, 11) is 0. The van der Waals surface area contributed by atoms with Gasteiger partial charge in [-0.25, -0.2) is 0 Å². The maximum atomic E-state index is 11.7. The van der Waals surface area contributed by atoms with E-state index in [0.717, 1.165) is 12.5 Å². The van der Waals surface area contributed by atoms with Gasteiger partial charge in [0.05, 0.1) is 12.2 Å². The van der Waals surface area contributed by atoms with Gasteiger partial charge in [0.15, 0.2) is 10.3 Å². The smallest absolute Gasteiger partial charge is 0.254 e. The van der Waals surface area contributed by atoms with E-state index >= 15 is 0 Å². The van der Waals surface area contributed by atoms with Crippen molar-refractivity contribution in [3.63, 3.8) is 0 Å². The lowest BCUT2D eigenvalue weighted by Crippen LogP contribution is -2.28. The summed E-state index contributed by atoms with van der Waals surface area (Å²) in [5.74, 6) is 0.394. The summed E-state index contributed by atoms with van der Waals surface area (Å²) in [4.78, 5) is 11.7. The molecule has 2 rings (SSSR count).